The largest absolute Gasteiger partial charge is 0.467 e. The second-order valence-corrected chi connectivity index (χ2v) is 5.66. The maximum atomic E-state index is 14.6. The summed E-state index contributed by atoms with van der Waals surface area (Å²) >= 11 is 8.02. The van der Waals surface area contributed by atoms with E-state index in [1.807, 2.05) is 0 Å². The van der Waals surface area contributed by atoms with Crippen LogP contribution in [0.2, 0.25) is 0 Å². The summed E-state index contributed by atoms with van der Waals surface area (Å²) in [6.07, 6.45) is 0. The molecule has 0 radical (unpaired) electrons. The lowest BCUT2D eigenvalue weighted by molar-refractivity contribution is -0.144. The molecule has 1 unspecified atom stereocenters. The van der Waals surface area contributed by atoms with Crippen LogP contribution in [0.1, 0.15) is 5.56 Å². The number of hydrogen-bond acceptors (Lipinski definition) is 5. The lowest BCUT2D eigenvalue weighted by Crippen LogP contribution is -2.51. The van der Waals surface area contributed by atoms with Crippen molar-refractivity contribution in [1.82, 2.24) is 0 Å². The van der Waals surface area contributed by atoms with Crippen LogP contribution < -0.4 is 10.6 Å². The number of anilines is 1. The molecule has 1 aliphatic heterocycles. The lowest BCUT2D eigenvalue weighted by Gasteiger charge is -2.35. The van der Waals surface area contributed by atoms with E-state index in [0.29, 0.717) is 18.7 Å². The fourth-order valence-electron chi connectivity index (χ4n) is 2.17. The normalized spacial score (nSPS) is 18.4. The van der Waals surface area contributed by atoms with Gasteiger partial charge in [-0.25, -0.2) is 9.18 Å². The number of thiocarbonyl (C=S) groups is 1. The molecule has 1 aromatic carbocycles. The molecule has 1 saturated heterocycles. The topological polar surface area (TPSA) is 64.8 Å². The summed E-state index contributed by atoms with van der Waals surface area (Å²) in [5, 5.41) is 0. The average Bonchev–Trinajstić information content (AvgIpc) is 2.49. The zero-order chi connectivity index (χ0) is 15.6. The number of nitrogens with two attached hydrogens (primary N) is 1. The van der Waals surface area contributed by atoms with Crippen molar-refractivity contribution in [1.29, 1.82) is 0 Å². The Morgan fingerprint density at radius 3 is 2.95 bits per heavy atom. The first-order valence-corrected chi connectivity index (χ1v) is 7.37. The number of carbonyl (C=O) groups excluding carboxylic acids is 1. The molecule has 8 heteroatoms. The molecule has 2 rings (SSSR count). The predicted octanol–water partition coefficient (Wildman–Crippen LogP) is 1.60. The van der Waals surface area contributed by atoms with Crippen molar-refractivity contribution in [2.45, 2.75) is 6.04 Å². The van der Waals surface area contributed by atoms with Gasteiger partial charge in [0, 0.05) is 12.1 Å². The third-order valence-electron chi connectivity index (χ3n) is 3.24. The molecule has 0 aromatic heterocycles. The molecule has 1 atom stereocenters. The van der Waals surface area contributed by atoms with Crippen LogP contribution in [0, 0.1) is 5.82 Å². The molecule has 0 saturated carbocycles. The molecule has 2 N–H and O–H groups in total. The Balaban J connectivity index is 2.42. The minimum atomic E-state index is -0.680. The van der Waals surface area contributed by atoms with Gasteiger partial charge in [-0.15, -0.1) is 0 Å². The van der Waals surface area contributed by atoms with Crippen molar-refractivity contribution in [3.63, 3.8) is 0 Å². The molecule has 0 amide bonds. The summed E-state index contributed by atoms with van der Waals surface area (Å²) in [6.45, 7) is 0.942. The van der Waals surface area contributed by atoms with Gasteiger partial charge < -0.3 is 20.1 Å². The number of carbonyl (C=O) groups is 1. The first kappa shape index (κ1) is 16.1. The Kier molecular flexibility index (Phi) is 5.13. The van der Waals surface area contributed by atoms with E-state index < -0.39 is 17.8 Å². The summed E-state index contributed by atoms with van der Waals surface area (Å²) in [6, 6.07) is 2.49. The zero-order valence-corrected chi connectivity index (χ0v) is 13.7. The maximum Gasteiger partial charge on any atom is 0.330 e. The summed E-state index contributed by atoms with van der Waals surface area (Å²) < 4.78 is 24.7. The van der Waals surface area contributed by atoms with Crippen molar-refractivity contribution < 1.29 is 18.7 Å². The Bertz CT molecular complexity index is 585. The van der Waals surface area contributed by atoms with Crippen LogP contribution in [0.3, 0.4) is 0 Å². The van der Waals surface area contributed by atoms with E-state index in [-0.39, 0.29) is 21.8 Å². The lowest BCUT2D eigenvalue weighted by atomic mass is 10.1. The van der Waals surface area contributed by atoms with Gasteiger partial charge >= 0.3 is 5.97 Å². The number of nitrogens with zero attached hydrogens (tertiary/aromatic N) is 1. The number of rotatable bonds is 3. The van der Waals surface area contributed by atoms with Crippen LogP contribution in [-0.2, 0) is 14.3 Å². The third-order valence-corrected chi connectivity index (χ3v) is 4.23. The minimum absolute atomic E-state index is 0.0961. The summed E-state index contributed by atoms with van der Waals surface area (Å²) in [7, 11) is 1.29. The summed E-state index contributed by atoms with van der Waals surface area (Å²) in [4.78, 5) is 13.5. The molecule has 1 fully saturated rings. The molecule has 0 bridgehead atoms. The van der Waals surface area contributed by atoms with E-state index in [4.69, 9.17) is 27.4 Å². The van der Waals surface area contributed by atoms with Crippen LogP contribution in [0.4, 0.5) is 10.1 Å². The second kappa shape index (κ2) is 6.67. The Morgan fingerprint density at radius 2 is 2.33 bits per heavy atom. The van der Waals surface area contributed by atoms with E-state index in [1.54, 1.807) is 17.0 Å². The van der Waals surface area contributed by atoms with Gasteiger partial charge in [-0.05, 0) is 28.1 Å². The molecule has 5 nitrogen and oxygen atoms in total. The van der Waals surface area contributed by atoms with Gasteiger partial charge in [0.2, 0.25) is 0 Å². The molecule has 114 valence electrons. The molecule has 1 aliphatic rings. The number of morpholine rings is 1. The Morgan fingerprint density at radius 1 is 1.62 bits per heavy atom. The van der Waals surface area contributed by atoms with E-state index in [2.05, 4.69) is 15.9 Å². The van der Waals surface area contributed by atoms with Gasteiger partial charge in [0.15, 0.2) is 11.9 Å². The van der Waals surface area contributed by atoms with Crippen LogP contribution in [0.25, 0.3) is 0 Å². The molecule has 21 heavy (non-hydrogen) atoms. The quantitative estimate of drug-likeness (QED) is 0.638. The second-order valence-electron chi connectivity index (χ2n) is 4.43. The molecule has 1 aromatic rings. The first-order valence-electron chi connectivity index (χ1n) is 6.17. The minimum Gasteiger partial charge on any atom is -0.467 e. The van der Waals surface area contributed by atoms with E-state index in [9.17, 15) is 9.18 Å². The fourth-order valence-corrected chi connectivity index (χ4v) is 3.02. The van der Waals surface area contributed by atoms with Crippen molar-refractivity contribution in [3.8, 4) is 0 Å². The fraction of sp³-hybridized carbons (Fsp3) is 0.385. The molecular formula is C13H14BrFN2O3S. The van der Waals surface area contributed by atoms with Gasteiger partial charge in [0.25, 0.3) is 0 Å². The highest BCUT2D eigenvalue weighted by Gasteiger charge is 2.32. The van der Waals surface area contributed by atoms with Gasteiger partial charge in [0.05, 0.1) is 30.5 Å². The highest BCUT2D eigenvalue weighted by atomic mass is 79.9. The van der Waals surface area contributed by atoms with Crippen LogP contribution in [0.15, 0.2) is 16.6 Å². The monoisotopic (exact) mass is 376 g/mol. The third kappa shape index (κ3) is 3.17. The Hall–Kier alpha value is -1.25. The smallest absolute Gasteiger partial charge is 0.330 e. The van der Waals surface area contributed by atoms with Crippen molar-refractivity contribution >= 4 is 44.8 Å². The van der Waals surface area contributed by atoms with E-state index >= 15 is 0 Å². The highest BCUT2D eigenvalue weighted by Crippen LogP contribution is 2.31. The number of esters is 1. The van der Waals surface area contributed by atoms with Crippen molar-refractivity contribution in [2.24, 2.45) is 5.73 Å². The van der Waals surface area contributed by atoms with Gasteiger partial charge in [0.1, 0.15) is 4.99 Å². The molecule has 1 heterocycles. The molecule has 0 aliphatic carbocycles. The molecule has 0 spiro atoms. The van der Waals surface area contributed by atoms with Crippen LogP contribution in [0.5, 0.6) is 0 Å². The van der Waals surface area contributed by atoms with Crippen LogP contribution >= 0.6 is 28.1 Å². The van der Waals surface area contributed by atoms with Gasteiger partial charge in [-0.2, -0.15) is 0 Å². The van der Waals surface area contributed by atoms with E-state index in [0.717, 1.165) is 0 Å². The van der Waals surface area contributed by atoms with Crippen molar-refractivity contribution in [2.75, 3.05) is 31.8 Å². The zero-order valence-electron chi connectivity index (χ0n) is 11.3. The summed E-state index contributed by atoms with van der Waals surface area (Å²) in [5.41, 5.74) is 6.23. The standard InChI is InChI=1S/C13H14BrFN2O3S/c1-19-13(18)9-6-20-5-4-17(9)8-3-2-7(12(16)21)10(14)11(8)15/h2-3,9H,4-6H2,1H3,(H2,16,21). The number of methoxy groups -OCH3 is 1. The molecular weight excluding hydrogens is 363 g/mol. The van der Waals surface area contributed by atoms with Gasteiger partial charge in [-0.1, -0.05) is 12.2 Å². The summed E-state index contributed by atoms with van der Waals surface area (Å²) in [5.74, 6) is -0.986. The predicted molar refractivity (Wildman–Crippen MR) is 84.0 cm³/mol. The first-order chi connectivity index (χ1) is 9.97. The van der Waals surface area contributed by atoms with Crippen LogP contribution in [-0.4, -0.2) is 43.9 Å². The number of ether oxygens (including phenoxy) is 2. The highest BCUT2D eigenvalue weighted by molar-refractivity contribution is 9.10. The Labute approximate surface area is 135 Å². The number of benzene rings is 1. The number of halogens is 2. The van der Waals surface area contributed by atoms with Crippen molar-refractivity contribution in [3.05, 3.63) is 28.0 Å². The SMILES string of the molecule is COC(=O)C1COCCN1c1ccc(C(N)=S)c(Br)c1F. The van der Waals surface area contributed by atoms with Gasteiger partial charge in [-0.3, -0.25) is 0 Å². The average molecular weight is 377 g/mol. The number of hydrogen-bond donors (Lipinski definition) is 1. The maximum absolute atomic E-state index is 14.6. The van der Waals surface area contributed by atoms with E-state index in [1.165, 1.54) is 7.11 Å².